The van der Waals surface area contributed by atoms with Crippen molar-refractivity contribution in [2.24, 2.45) is 0 Å². The molecule has 1 atom stereocenters. The summed E-state index contributed by atoms with van der Waals surface area (Å²) in [5.74, 6) is -1.38. The third-order valence-corrected chi connectivity index (χ3v) is 6.36. The van der Waals surface area contributed by atoms with Crippen LogP contribution in [0.3, 0.4) is 0 Å². The quantitative estimate of drug-likeness (QED) is 0.686. The zero-order chi connectivity index (χ0) is 19.0. The summed E-state index contributed by atoms with van der Waals surface area (Å²) in [6.07, 6.45) is 0.0232. The first kappa shape index (κ1) is 17.8. The fourth-order valence-corrected chi connectivity index (χ4v) is 4.67. The molecule has 27 heavy (non-hydrogen) atoms. The minimum absolute atomic E-state index is 0.0484. The van der Waals surface area contributed by atoms with Gasteiger partial charge in [-0.3, -0.25) is 0 Å². The van der Waals surface area contributed by atoms with Gasteiger partial charge in [-0.1, -0.05) is 18.2 Å². The highest BCUT2D eigenvalue weighted by molar-refractivity contribution is 7.89. The lowest BCUT2D eigenvalue weighted by Crippen LogP contribution is -2.31. The van der Waals surface area contributed by atoms with Crippen LogP contribution in [0.25, 0.3) is 10.9 Å². The molecule has 1 saturated heterocycles. The lowest BCUT2D eigenvalue weighted by Gasteiger charge is -2.17. The summed E-state index contributed by atoms with van der Waals surface area (Å²) in [4.78, 5) is 3.75. The molecule has 2 heterocycles. The van der Waals surface area contributed by atoms with E-state index in [9.17, 15) is 17.2 Å². The van der Waals surface area contributed by atoms with Crippen molar-refractivity contribution in [3.05, 3.63) is 66.2 Å². The summed E-state index contributed by atoms with van der Waals surface area (Å²) in [6.45, 7) is 0.212. The molecule has 1 unspecified atom stereocenters. The zero-order valence-electron chi connectivity index (χ0n) is 14.2. The van der Waals surface area contributed by atoms with E-state index < -0.39 is 32.7 Å². The van der Waals surface area contributed by atoms with Gasteiger partial charge in [-0.15, -0.1) is 0 Å². The average Bonchev–Trinajstić information content (AvgIpc) is 3.13. The molecule has 2 aromatic carbocycles. The topological polar surface area (TPSA) is 59.5 Å². The molecule has 1 aliphatic heterocycles. The molecule has 1 aromatic heterocycles. The molecular formula is C19H16F2N2O3S. The van der Waals surface area contributed by atoms with Crippen molar-refractivity contribution in [3.8, 4) is 5.88 Å². The van der Waals surface area contributed by atoms with Crippen molar-refractivity contribution in [1.82, 2.24) is 9.29 Å². The highest BCUT2D eigenvalue weighted by Gasteiger charge is 2.35. The van der Waals surface area contributed by atoms with E-state index in [0.717, 1.165) is 27.3 Å². The van der Waals surface area contributed by atoms with Crippen LogP contribution >= 0.6 is 0 Å². The Morgan fingerprint density at radius 3 is 2.74 bits per heavy atom. The monoisotopic (exact) mass is 390 g/mol. The standard InChI is InChI=1S/C19H16F2N2O3S/c20-14-6-7-16(21)18(11-14)27(24,25)23-10-9-15(12-23)26-19-8-5-13-3-1-2-4-17(13)22-19/h1-8,11,15H,9-10,12H2. The molecular weight excluding hydrogens is 374 g/mol. The first-order chi connectivity index (χ1) is 12.9. The predicted octanol–water partition coefficient (Wildman–Crippen LogP) is 3.36. The van der Waals surface area contributed by atoms with Crippen molar-refractivity contribution >= 4 is 20.9 Å². The average molecular weight is 390 g/mol. The van der Waals surface area contributed by atoms with E-state index in [1.54, 1.807) is 6.07 Å². The van der Waals surface area contributed by atoms with Crippen LogP contribution in [0.15, 0.2) is 59.5 Å². The predicted molar refractivity (Wildman–Crippen MR) is 95.9 cm³/mol. The van der Waals surface area contributed by atoms with E-state index in [-0.39, 0.29) is 13.1 Å². The summed E-state index contributed by atoms with van der Waals surface area (Å²) in [5, 5.41) is 0.974. The number of ether oxygens (including phenoxy) is 1. The molecule has 140 valence electrons. The zero-order valence-corrected chi connectivity index (χ0v) is 15.0. The summed E-state index contributed by atoms with van der Waals surface area (Å²) >= 11 is 0. The first-order valence-electron chi connectivity index (χ1n) is 8.41. The number of benzene rings is 2. The number of halogens is 2. The largest absolute Gasteiger partial charge is 0.473 e. The number of sulfonamides is 1. The summed E-state index contributed by atoms with van der Waals surface area (Å²) in [7, 11) is -4.13. The van der Waals surface area contributed by atoms with Gasteiger partial charge in [0.05, 0.1) is 12.1 Å². The molecule has 1 fully saturated rings. The number of hydrogen-bond donors (Lipinski definition) is 0. The molecule has 0 spiro atoms. The van der Waals surface area contributed by atoms with E-state index in [2.05, 4.69) is 4.98 Å². The number of hydrogen-bond acceptors (Lipinski definition) is 4. The molecule has 1 aliphatic rings. The SMILES string of the molecule is O=S(=O)(c1cc(F)ccc1F)N1CCC(Oc2ccc3ccccc3n2)C1. The van der Waals surface area contributed by atoms with Crippen LogP contribution in [0.2, 0.25) is 0 Å². The van der Waals surface area contributed by atoms with Gasteiger partial charge in [0.25, 0.3) is 0 Å². The second kappa shape index (κ2) is 6.86. The minimum Gasteiger partial charge on any atom is -0.473 e. The van der Waals surface area contributed by atoms with E-state index >= 15 is 0 Å². The number of para-hydroxylation sites is 1. The number of rotatable bonds is 4. The molecule has 4 rings (SSSR count). The second-order valence-electron chi connectivity index (χ2n) is 6.31. The Bertz CT molecular complexity index is 1110. The highest BCUT2D eigenvalue weighted by Crippen LogP contribution is 2.26. The fraction of sp³-hybridized carbons (Fsp3) is 0.211. The Balaban J connectivity index is 1.51. The van der Waals surface area contributed by atoms with Crippen molar-refractivity contribution in [2.75, 3.05) is 13.1 Å². The van der Waals surface area contributed by atoms with Crippen molar-refractivity contribution < 1.29 is 21.9 Å². The summed E-state index contributed by atoms with van der Waals surface area (Å²) in [5.41, 5.74) is 0.777. The maximum absolute atomic E-state index is 13.9. The van der Waals surface area contributed by atoms with Crippen LogP contribution in [-0.2, 0) is 10.0 Å². The molecule has 5 nitrogen and oxygen atoms in total. The van der Waals surface area contributed by atoms with Gasteiger partial charge in [0, 0.05) is 18.0 Å². The Kier molecular flexibility index (Phi) is 4.53. The first-order valence-corrected chi connectivity index (χ1v) is 9.85. The van der Waals surface area contributed by atoms with Crippen molar-refractivity contribution in [3.63, 3.8) is 0 Å². The maximum atomic E-state index is 13.9. The lowest BCUT2D eigenvalue weighted by molar-refractivity contribution is 0.207. The summed E-state index contributed by atoms with van der Waals surface area (Å²) < 4.78 is 59.4. The lowest BCUT2D eigenvalue weighted by atomic mass is 10.2. The Morgan fingerprint density at radius 1 is 1.07 bits per heavy atom. The molecule has 0 bridgehead atoms. The summed E-state index contributed by atoms with van der Waals surface area (Å²) in [6, 6.07) is 13.6. The van der Waals surface area contributed by atoms with Gasteiger partial charge in [0.1, 0.15) is 22.6 Å². The fourth-order valence-electron chi connectivity index (χ4n) is 3.11. The Morgan fingerprint density at radius 2 is 1.89 bits per heavy atom. The van der Waals surface area contributed by atoms with Gasteiger partial charge >= 0.3 is 0 Å². The third-order valence-electron chi connectivity index (χ3n) is 4.48. The number of fused-ring (bicyclic) bond motifs is 1. The number of pyridine rings is 1. The molecule has 0 N–H and O–H groups in total. The molecule has 0 amide bonds. The molecule has 3 aromatic rings. The van der Waals surface area contributed by atoms with Gasteiger partial charge in [0.15, 0.2) is 0 Å². The van der Waals surface area contributed by atoms with Crippen LogP contribution in [0.5, 0.6) is 5.88 Å². The minimum atomic E-state index is -4.13. The van der Waals surface area contributed by atoms with Gasteiger partial charge in [0.2, 0.25) is 15.9 Å². The van der Waals surface area contributed by atoms with Gasteiger partial charge in [-0.2, -0.15) is 4.31 Å². The number of aromatic nitrogens is 1. The second-order valence-corrected chi connectivity index (χ2v) is 8.21. The maximum Gasteiger partial charge on any atom is 0.246 e. The van der Waals surface area contributed by atoms with Gasteiger partial charge in [-0.05, 0) is 36.8 Å². The van der Waals surface area contributed by atoms with E-state index in [4.69, 9.17) is 4.74 Å². The molecule has 0 radical (unpaired) electrons. The smallest absolute Gasteiger partial charge is 0.246 e. The normalized spacial score (nSPS) is 18.1. The molecule has 8 heteroatoms. The van der Waals surface area contributed by atoms with Gasteiger partial charge in [-0.25, -0.2) is 22.2 Å². The highest BCUT2D eigenvalue weighted by atomic mass is 32.2. The van der Waals surface area contributed by atoms with E-state index in [1.807, 2.05) is 30.3 Å². The van der Waals surface area contributed by atoms with E-state index in [0.29, 0.717) is 18.4 Å². The van der Waals surface area contributed by atoms with Crippen LogP contribution < -0.4 is 4.74 Å². The van der Waals surface area contributed by atoms with Crippen molar-refractivity contribution in [2.45, 2.75) is 17.4 Å². The Hall–Kier alpha value is -2.58. The Labute approximate surface area is 155 Å². The number of nitrogens with zero attached hydrogens (tertiary/aromatic N) is 2. The molecule has 0 aliphatic carbocycles. The van der Waals surface area contributed by atoms with Crippen LogP contribution in [-0.4, -0.2) is 36.9 Å². The molecule has 0 saturated carbocycles. The van der Waals surface area contributed by atoms with Crippen LogP contribution in [0.1, 0.15) is 6.42 Å². The van der Waals surface area contributed by atoms with Crippen molar-refractivity contribution in [1.29, 1.82) is 0 Å². The van der Waals surface area contributed by atoms with Crippen LogP contribution in [0, 0.1) is 11.6 Å². The third kappa shape index (κ3) is 3.50. The van der Waals surface area contributed by atoms with Gasteiger partial charge < -0.3 is 4.74 Å². The van der Waals surface area contributed by atoms with Crippen LogP contribution in [0.4, 0.5) is 8.78 Å². The van der Waals surface area contributed by atoms with E-state index in [1.165, 1.54) is 0 Å².